The van der Waals surface area contributed by atoms with Crippen molar-refractivity contribution in [3.8, 4) is 0 Å². The topological polar surface area (TPSA) is 236 Å². The van der Waals surface area contributed by atoms with Crippen molar-refractivity contribution in [3.05, 3.63) is 58.7 Å². The zero-order valence-electron chi connectivity index (χ0n) is 20.7. The molecule has 0 saturated carbocycles. The Kier molecular flexibility index (Phi) is 9.71. The van der Waals surface area contributed by atoms with E-state index in [1.807, 2.05) is 0 Å². The number of carboxylic acids is 2. The molecule has 2 heterocycles. The van der Waals surface area contributed by atoms with Crippen molar-refractivity contribution in [1.82, 2.24) is 20.4 Å². The van der Waals surface area contributed by atoms with E-state index in [2.05, 4.69) is 31.0 Å². The van der Waals surface area contributed by atoms with Gasteiger partial charge < -0.3 is 32.3 Å². The molecule has 0 atom stereocenters. The Morgan fingerprint density at radius 3 is 1.46 bits per heavy atom. The smallest absolute Gasteiger partial charge is 0.337 e. The predicted octanol–water partition coefficient (Wildman–Crippen LogP) is 3.00. The van der Waals surface area contributed by atoms with Gasteiger partial charge in [0.25, 0.3) is 0 Å². The van der Waals surface area contributed by atoms with E-state index in [1.54, 1.807) is 12.1 Å². The molecule has 0 spiro atoms. The van der Waals surface area contributed by atoms with Crippen LogP contribution in [0.25, 0.3) is 0 Å². The number of carboxylic acid groups (broad SMARTS) is 2. The first kappa shape index (κ1) is 29.7. The first-order valence-electron chi connectivity index (χ1n) is 11.3. The second-order valence-electron chi connectivity index (χ2n) is 8.03. The molecule has 0 bridgehead atoms. The van der Waals surface area contributed by atoms with E-state index in [-0.39, 0.29) is 50.7 Å². The summed E-state index contributed by atoms with van der Waals surface area (Å²) in [6.07, 6.45) is 0.200. The van der Waals surface area contributed by atoms with E-state index >= 15 is 0 Å². The van der Waals surface area contributed by atoms with Crippen molar-refractivity contribution in [2.75, 3.05) is 33.6 Å². The Morgan fingerprint density at radius 2 is 1.12 bits per heavy atom. The summed E-state index contributed by atoms with van der Waals surface area (Å²) in [5, 5.41) is 40.1. The number of benzene rings is 2. The number of aromatic nitrogens is 4. The van der Waals surface area contributed by atoms with Crippen LogP contribution in [-0.4, -0.2) is 65.9 Å². The van der Waals surface area contributed by atoms with Crippen LogP contribution in [0.1, 0.15) is 31.8 Å². The summed E-state index contributed by atoms with van der Waals surface area (Å²) in [6.45, 7) is 0. The highest BCUT2D eigenvalue weighted by Gasteiger charge is 2.17. The fourth-order valence-corrected chi connectivity index (χ4v) is 6.27. The maximum atomic E-state index is 12.4. The average molecular weight is 633 g/mol. The summed E-state index contributed by atoms with van der Waals surface area (Å²) in [6, 6.07) is 9.02. The van der Waals surface area contributed by atoms with Gasteiger partial charge in [-0.1, -0.05) is 58.3 Å². The number of nitrogens with one attached hydrogen (secondary N) is 2. The molecule has 0 saturated heterocycles. The molecule has 2 amide bonds. The van der Waals surface area contributed by atoms with Gasteiger partial charge in [-0.2, -0.15) is 0 Å². The van der Waals surface area contributed by atoms with Gasteiger partial charge in [0.05, 0.1) is 34.0 Å². The third kappa shape index (κ3) is 8.37. The lowest BCUT2D eigenvalue weighted by molar-refractivity contribution is -0.114. The minimum absolute atomic E-state index is 0.0221. The van der Waals surface area contributed by atoms with E-state index in [0.717, 1.165) is 46.2 Å². The van der Waals surface area contributed by atoms with Crippen molar-refractivity contribution in [2.45, 2.75) is 15.1 Å². The number of rotatable bonds is 12. The van der Waals surface area contributed by atoms with E-state index in [9.17, 15) is 29.4 Å². The fraction of sp³-hybridized carbons (Fsp3) is 0.130. The molecular weight excluding hydrogens is 613 g/mol. The zero-order chi connectivity index (χ0) is 29.5. The lowest BCUT2D eigenvalue weighted by Gasteiger charge is -2.12. The molecule has 212 valence electrons. The number of thioether (sulfide) groups is 2. The van der Waals surface area contributed by atoms with E-state index in [4.69, 9.17) is 11.5 Å². The summed E-state index contributed by atoms with van der Waals surface area (Å²) in [5.74, 6) is -3.41. The summed E-state index contributed by atoms with van der Waals surface area (Å²) >= 11 is 4.51. The van der Waals surface area contributed by atoms with Crippen molar-refractivity contribution < 1.29 is 29.4 Å². The Morgan fingerprint density at radius 1 is 0.707 bits per heavy atom. The third-order valence-corrected chi connectivity index (χ3v) is 8.85. The quantitative estimate of drug-likeness (QED) is 0.123. The van der Waals surface area contributed by atoms with Crippen LogP contribution in [-0.2, 0) is 16.0 Å². The van der Waals surface area contributed by atoms with Gasteiger partial charge in [0.1, 0.15) is 0 Å². The van der Waals surface area contributed by atoms with Crippen molar-refractivity contribution >= 4 is 91.6 Å². The van der Waals surface area contributed by atoms with Gasteiger partial charge >= 0.3 is 11.9 Å². The number of nitrogens with two attached hydrogens (primary N) is 2. The second-order valence-corrected chi connectivity index (χ2v) is 12.5. The number of hydrogen-bond donors (Lipinski definition) is 6. The minimum atomic E-state index is -1.25. The van der Waals surface area contributed by atoms with E-state index in [0.29, 0.717) is 19.8 Å². The number of aromatic carboxylic acids is 2. The first-order valence-corrected chi connectivity index (χ1v) is 14.9. The number of nitrogens with zero attached hydrogens (tertiary/aromatic N) is 4. The van der Waals surface area contributed by atoms with Crippen LogP contribution in [0.3, 0.4) is 0 Å². The van der Waals surface area contributed by atoms with Gasteiger partial charge in [-0.25, -0.2) is 9.59 Å². The fourth-order valence-electron chi connectivity index (χ4n) is 3.39. The van der Waals surface area contributed by atoms with Gasteiger partial charge in [0, 0.05) is 0 Å². The highest BCUT2D eigenvalue weighted by molar-refractivity contribution is 8.02. The summed E-state index contributed by atoms with van der Waals surface area (Å²) in [4.78, 5) is 48.6. The summed E-state index contributed by atoms with van der Waals surface area (Å²) < 4.78 is 1.02. The van der Waals surface area contributed by atoms with Crippen molar-refractivity contribution in [1.29, 1.82) is 0 Å². The highest BCUT2D eigenvalue weighted by atomic mass is 32.2. The number of hydrogen-bond acceptors (Lipinski definition) is 14. The highest BCUT2D eigenvalue weighted by Crippen LogP contribution is 2.27. The van der Waals surface area contributed by atoms with Crippen molar-refractivity contribution in [2.24, 2.45) is 0 Å². The van der Waals surface area contributed by atoms with E-state index < -0.39 is 23.8 Å². The SMILES string of the molecule is Nc1nnc(SCC(=O)Nc2ccc(Cc3ccc(NC(=O)CSc4nnc(N)s4)c(C(=O)O)c3)cc2C(=O)O)s1. The Bertz CT molecular complexity index is 1510. The Hall–Kier alpha value is -4.26. The van der Waals surface area contributed by atoms with Crippen LogP contribution in [0.2, 0.25) is 0 Å². The molecule has 0 radical (unpaired) electrons. The molecule has 14 nitrogen and oxygen atoms in total. The van der Waals surface area contributed by atoms with Crippen LogP contribution >= 0.6 is 46.2 Å². The lowest BCUT2D eigenvalue weighted by Crippen LogP contribution is -2.17. The molecule has 8 N–H and O–H groups in total. The number of nitrogen functional groups attached to an aromatic ring is 2. The standard InChI is InChI=1S/C23H20N8O6S4/c24-20-28-30-22(40-20)38-8-16(32)26-14-3-1-10(6-12(14)18(34)35)5-11-2-4-15(13(7-11)19(36)37)27-17(33)9-39-23-31-29-21(25)41-23/h1-4,6-7H,5,8-9H2,(H2,24,28)(H2,25,29)(H,26,32)(H,27,33)(H,34,35)(H,36,37). The molecular formula is C23H20N8O6S4. The number of anilines is 4. The molecule has 4 aromatic rings. The molecule has 0 aliphatic carbocycles. The molecule has 41 heavy (non-hydrogen) atoms. The van der Waals surface area contributed by atoms with Crippen LogP contribution in [0.4, 0.5) is 21.6 Å². The normalized spacial score (nSPS) is 10.7. The minimum Gasteiger partial charge on any atom is -0.478 e. The van der Waals surface area contributed by atoms with Gasteiger partial charge in [0.15, 0.2) is 8.68 Å². The monoisotopic (exact) mass is 632 g/mol. The molecule has 0 aliphatic heterocycles. The largest absolute Gasteiger partial charge is 0.478 e. The van der Waals surface area contributed by atoms with Gasteiger partial charge in [-0.3, -0.25) is 9.59 Å². The van der Waals surface area contributed by atoms with E-state index in [1.165, 1.54) is 24.3 Å². The average Bonchev–Trinajstić information content (AvgIpc) is 3.55. The molecule has 2 aromatic carbocycles. The Balaban J connectivity index is 1.42. The molecule has 0 aliphatic rings. The third-order valence-electron chi connectivity index (χ3n) is 5.08. The molecule has 18 heteroatoms. The number of carbonyl (C=O) groups is 4. The molecule has 2 aromatic heterocycles. The molecule has 0 fully saturated rings. The maximum absolute atomic E-state index is 12.4. The van der Waals surface area contributed by atoms with Crippen LogP contribution < -0.4 is 22.1 Å². The molecule has 0 unspecified atom stereocenters. The van der Waals surface area contributed by atoms with Gasteiger partial charge in [-0.05, 0) is 41.8 Å². The Labute approximate surface area is 248 Å². The number of amides is 2. The lowest BCUT2D eigenvalue weighted by atomic mass is 9.99. The van der Waals surface area contributed by atoms with Crippen LogP contribution in [0, 0.1) is 0 Å². The second kappa shape index (κ2) is 13.4. The summed E-state index contributed by atoms with van der Waals surface area (Å²) in [7, 11) is 0. The predicted molar refractivity (Wildman–Crippen MR) is 157 cm³/mol. The van der Waals surface area contributed by atoms with Gasteiger partial charge in [0.2, 0.25) is 22.1 Å². The summed E-state index contributed by atoms with van der Waals surface area (Å²) in [5.41, 5.74) is 12.2. The van der Waals surface area contributed by atoms with Crippen LogP contribution in [0.15, 0.2) is 45.1 Å². The zero-order valence-corrected chi connectivity index (χ0v) is 24.0. The molecule has 4 rings (SSSR count). The van der Waals surface area contributed by atoms with Crippen molar-refractivity contribution in [3.63, 3.8) is 0 Å². The van der Waals surface area contributed by atoms with Gasteiger partial charge in [-0.15, -0.1) is 20.4 Å². The first-order chi connectivity index (χ1) is 19.6. The maximum Gasteiger partial charge on any atom is 0.337 e. The number of carbonyl (C=O) groups excluding carboxylic acids is 2. The van der Waals surface area contributed by atoms with Crippen LogP contribution in [0.5, 0.6) is 0 Å².